The first kappa shape index (κ1) is 23.7. The molecule has 3 aromatic carbocycles. The first-order chi connectivity index (χ1) is 15.5. The highest BCUT2D eigenvalue weighted by molar-refractivity contribution is 6.34. The summed E-state index contributed by atoms with van der Waals surface area (Å²) in [5.74, 6) is -2.37. The van der Waals surface area contributed by atoms with Crippen LogP contribution in [0.5, 0.6) is 0 Å². The molecule has 2 N–H and O–H groups in total. The highest BCUT2D eigenvalue weighted by atomic mass is 35.5. The van der Waals surface area contributed by atoms with Crippen molar-refractivity contribution in [2.75, 3.05) is 10.6 Å². The third-order valence-corrected chi connectivity index (χ3v) is 4.66. The largest absolute Gasteiger partial charge is 0.418 e. The van der Waals surface area contributed by atoms with E-state index in [1.54, 1.807) is 0 Å². The Morgan fingerprint density at radius 3 is 2.15 bits per heavy atom. The van der Waals surface area contributed by atoms with Crippen molar-refractivity contribution in [3.63, 3.8) is 0 Å². The van der Waals surface area contributed by atoms with Gasteiger partial charge in [-0.2, -0.15) is 13.2 Å². The van der Waals surface area contributed by atoms with Gasteiger partial charge < -0.3 is 10.6 Å². The smallest absolute Gasteiger partial charge is 0.322 e. The van der Waals surface area contributed by atoms with Crippen LogP contribution in [0.4, 0.5) is 34.6 Å². The lowest BCUT2D eigenvalue weighted by atomic mass is 10.1. The average Bonchev–Trinajstić information content (AvgIpc) is 2.74. The number of alkyl halides is 3. The van der Waals surface area contributed by atoms with Crippen molar-refractivity contribution in [3.8, 4) is 0 Å². The Morgan fingerprint density at radius 1 is 0.909 bits per heavy atom. The molecule has 3 rings (SSSR count). The number of amides is 2. The second-order valence-electron chi connectivity index (χ2n) is 6.59. The normalized spacial score (nSPS) is 11.1. The van der Waals surface area contributed by atoms with Gasteiger partial charge in [-0.25, -0.2) is 4.39 Å². The van der Waals surface area contributed by atoms with Gasteiger partial charge in [-0.05, 0) is 48.5 Å². The monoisotopic (exact) mass is 481 g/mol. The van der Waals surface area contributed by atoms with Gasteiger partial charge in [0.05, 0.1) is 26.8 Å². The Balaban J connectivity index is 1.87. The standard InChI is InChI=1S/C21H12ClF4N3O4/c22-17-10-14(29(32)33)6-7-15(17)20(31)28-18-8-5-13(9-16(18)21(24,25)26)27-19(30)11-1-3-12(23)4-2-11/h1-10H,(H,27,30)(H,28,31). The fraction of sp³-hybridized carbons (Fsp3) is 0.0476. The summed E-state index contributed by atoms with van der Waals surface area (Å²) in [5.41, 5.74) is -2.75. The van der Waals surface area contributed by atoms with E-state index in [9.17, 15) is 37.3 Å². The van der Waals surface area contributed by atoms with E-state index in [4.69, 9.17) is 11.6 Å². The predicted molar refractivity (Wildman–Crippen MR) is 112 cm³/mol. The van der Waals surface area contributed by atoms with Gasteiger partial charge in [-0.1, -0.05) is 11.6 Å². The summed E-state index contributed by atoms with van der Waals surface area (Å²) in [5, 5.41) is 14.8. The second-order valence-corrected chi connectivity index (χ2v) is 7.00. The lowest BCUT2D eigenvalue weighted by Crippen LogP contribution is -2.18. The quantitative estimate of drug-likeness (QED) is 0.269. The molecule has 0 saturated carbocycles. The maximum absolute atomic E-state index is 13.6. The number of non-ortho nitro benzene ring substituents is 1. The fourth-order valence-corrected chi connectivity index (χ4v) is 3.02. The molecule has 33 heavy (non-hydrogen) atoms. The Kier molecular flexibility index (Phi) is 6.63. The van der Waals surface area contributed by atoms with E-state index in [0.717, 1.165) is 54.6 Å². The minimum atomic E-state index is -4.90. The Hall–Kier alpha value is -3.99. The van der Waals surface area contributed by atoms with Crippen molar-refractivity contribution in [3.05, 3.63) is 98.3 Å². The number of benzene rings is 3. The van der Waals surface area contributed by atoms with Crippen LogP contribution in [0.25, 0.3) is 0 Å². The molecule has 0 aliphatic heterocycles. The van der Waals surface area contributed by atoms with E-state index in [0.29, 0.717) is 6.07 Å². The number of halogens is 5. The van der Waals surface area contributed by atoms with Gasteiger partial charge in [0, 0.05) is 23.4 Å². The number of hydrogen-bond acceptors (Lipinski definition) is 4. The van der Waals surface area contributed by atoms with Crippen molar-refractivity contribution < 1.29 is 32.1 Å². The molecule has 0 aliphatic carbocycles. The second kappa shape index (κ2) is 9.25. The molecule has 170 valence electrons. The van der Waals surface area contributed by atoms with Crippen LogP contribution in [-0.2, 0) is 6.18 Å². The van der Waals surface area contributed by atoms with E-state index in [1.807, 2.05) is 0 Å². The molecule has 0 spiro atoms. The molecule has 0 aromatic heterocycles. The van der Waals surface area contributed by atoms with E-state index >= 15 is 0 Å². The predicted octanol–water partition coefficient (Wildman–Crippen LogP) is 5.91. The van der Waals surface area contributed by atoms with Crippen molar-refractivity contribution in [2.24, 2.45) is 0 Å². The number of rotatable bonds is 5. The summed E-state index contributed by atoms with van der Waals surface area (Å²) in [7, 11) is 0. The minimum absolute atomic E-state index is 0.0233. The van der Waals surface area contributed by atoms with Crippen molar-refractivity contribution in [2.45, 2.75) is 6.18 Å². The zero-order valence-electron chi connectivity index (χ0n) is 16.2. The third kappa shape index (κ3) is 5.63. The number of nitrogens with one attached hydrogen (secondary N) is 2. The number of nitro groups is 1. The summed E-state index contributed by atoms with van der Waals surface area (Å²) in [6.07, 6.45) is -4.90. The zero-order chi connectivity index (χ0) is 24.3. The van der Waals surface area contributed by atoms with Gasteiger partial charge in [0.15, 0.2) is 0 Å². The van der Waals surface area contributed by atoms with Crippen LogP contribution >= 0.6 is 11.6 Å². The van der Waals surface area contributed by atoms with Gasteiger partial charge >= 0.3 is 6.18 Å². The molecule has 0 bridgehead atoms. The number of nitro benzene ring substituents is 1. The molecule has 0 aliphatic rings. The summed E-state index contributed by atoms with van der Waals surface area (Å²) >= 11 is 5.86. The van der Waals surface area contributed by atoms with Crippen LogP contribution in [0.15, 0.2) is 60.7 Å². The summed E-state index contributed by atoms with van der Waals surface area (Å²) in [4.78, 5) is 34.7. The molecule has 0 atom stereocenters. The summed E-state index contributed by atoms with van der Waals surface area (Å²) in [6, 6.07) is 9.96. The van der Waals surface area contributed by atoms with Crippen LogP contribution in [0.3, 0.4) is 0 Å². The van der Waals surface area contributed by atoms with Gasteiger partial charge in [-0.15, -0.1) is 0 Å². The average molecular weight is 482 g/mol. The molecule has 2 amide bonds. The lowest BCUT2D eigenvalue weighted by Gasteiger charge is -2.16. The van der Waals surface area contributed by atoms with Crippen molar-refractivity contribution in [1.82, 2.24) is 0 Å². The van der Waals surface area contributed by atoms with Crippen LogP contribution in [0.2, 0.25) is 5.02 Å². The van der Waals surface area contributed by atoms with E-state index in [2.05, 4.69) is 10.6 Å². The third-order valence-electron chi connectivity index (χ3n) is 4.35. The molecule has 0 unspecified atom stereocenters. The first-order valence-electron chi connectivity index (χ1n) is 8.99. The highest BCUT2D eigenvalue weighted by Crippen LogP contribution is 2.37. The van der Waals surface area contributed by atoms with E-state index < -0.39 is 45.7 Å². The van der Waals surface area contributed by atoms with Crippen LogP contribution in [0.1, 0.15) is 26.3 Å². The van der Waals surface area contributed by atoms with E-state index in [1.165, 1.54) is 0 Å². The van der Waals surface area contributed by atoms with Crippen molar-refractivity contribution in [1.29, 1.82) is 0 Å². The molecule has 0 heterocycles. The molecular formula is C21H12ClF4N3O4. The fourth-order valence-electron chi connectivity index (χ4n) is 2.76. The Morgan fingerprint density at radius 2 is 1.58 bits per heavy atom. The number of nitrogens with zero attached hydrogens (tertiary/aromatic N) is 1. The minimum Gasteiger partial charge on any atom is -0.322 e. The van der Waals surface area contributed by atoms with Crippen LogP contribution in [-0.4, -0.2) is 16.7 Å². The number of hydrogen-bond donors (Lipinski definition) is 2. The topological polar surface area (TPSA) is 101 Å². The van der Waals surface area contributed by atoms with Crippen molar-refractivity contribution >= 4 is 40.5 Å². The molecule has 0 fully saturated rings. The number of carbonyl (C=O) groups is 2. The highest BCUT2D eigenvalue weighted by Gasteiger charge is 2.34. The maximum atomic E-state index is 13.6. The first-order valence-corrected chi connectivity index (χ1v) is 9.37. The zero-order valence-corrected chi connectivity index (χ0v) is 17.0. The SMILES string of the molecule is O=C(Nc1ccc(NC(=O)c2ccc([N+](=O)[O-])cc2Cl)c(C(F)(F)F)c1)c1ccc(F)cc1. The van der Waals surface area contributed by atoms with Gasteiger partial charge in [-0.3, -0.25) is 19.7 Å². The molecule has 3 aromatic rings. The summed E-state index contributed by atoms with van der Waals surface area (Å²) < 4.78 is 53.8. The van der Waals surface area contributed by atoms with Crippen LogP contribution < -0.4 is 10.6 Å². The van der Waals surface area contributed by atoms with Gasteiger partial charge in [0.2, 0.25) is 0 Å². The molecular weight excluding hydrogens is 470 g/mol. The molecule has 12 heteroatoms. The molecule has 0 saturated heterocycles. The molecule has 7 nitrogen and oxygen atoms in total. The lowest BCUT2D eigenvalue weighted by molar-refractivity contribution is -0.384. The van der Waals surface area contributed by atoms with Gasteiger partial charge in [0.1, 0.15) is 5.82 Å². The Bertz CT molecular complexity index is 1250. The summed E-state index contributed by atoms with van der Waals surface area (Å²) in [6.45, 7) is 0. The van der Waals surface area contributed by atoms with Gasteiger partial charge in [0.25, 0.3) is 17.5 Å². The maximum Gasteiger partial charge on any atom is 0.418 e. The van der Waals surface area contributed by atoms with E-state index in [-0.39, 0.29) is 21.8 Å². The Labute approximate surface area is 188 Å². The number of carbonyl (C=O) groups excluding carboxylic acids is 2. The van der Waals surface area contributed by atoms with Crippen LogP contribution in [0, 0.1) is 15.9 Å². The number of anilines is 2. The molecule has 0 radical (unpaired) electrons.